The number of amides is 1. The van der Waals surface area contributed by atoms with Gasteiger partial charge in [-0.2, -0.15) is 9.82 Å². The van der Waals surface area contributed by atoms with Gasteiger partial charge in [0.1, 0.15) is 18.7 Å². The van der Waals surface area contributed by atoms with Gasteiger partial charge in [0.15, 0.2) is 0 Å². The van der Waals surface area contributed by atoms with Gasteiger partial charge >= 0.3 is 0 Å². The van der Waals surface area contributed by atoms with Crippen molar-refractivity contribution >= 4 is 15.9 Å². The van der Waals surface area contributed by atoms with Crippen molar-refractivity contribution in [2.24, 2.45) is 5.92 Å². The van der Waals surface area contributed by atoms with Gasteiger partial charge in [-0.15, -0.1) is 0 Å². The molecule has 2 aromatic rings. The molecule has 9 heteroatoms. The minimum Gasteiger partial charge on any atom is -0.350 e. The summed E-state index contributed by atoms with van der Waals surface area (Å²) in [6.07, 6.45) is 3.38. The minimum atomic E-state index is -3.79. The maximum Gasteiger partial charge on any atom is 0.241 e. The van der Waals surface area contributed by atoms with E-state index in [4.69, 9.17) is 0 Å². The highest BCUT2D eigenvalue weighted by atomic mass is 32.2. The Morgan fingerprint density at radius 3 is 2.41 bits per heavy atom. The molecule has 0 aliphatic carbocycles. The van der Waals surface area contributed by atoms with Gasteiger partial charge < -0.3 is 5.32 Å². The van der Waals surface area contributed by atoms with Crippen molar-refractivity contribution in [3.05, 3.63) is 42.5 Å². The molecular formula is C18H27N5O3S. The standard InChI is InChI=1S/C18H27N5O3S/c1-13(2)9-17(18(24)21-15(4)10-23-12-19-11-20-23)22-27(25,26)16-7-5-14(3)6-8-16/h5-8,11-13,15,17,22H,9-10H2,1-4H3,(H,21,24). The van der Waals surface area contributed by atoms with Crippen LogP contribution in [-0.2, 0) is 21.4 Å². The molecule has 2 rings (SSSR count). The second kappa shape index (κ2) is 9.09. The quantitative estimate of drug-likeness (QED) is 0.671. The van der Waals surface area contributed by atoms with E-state index in [1.807, 2.05) is 27.7 Å². The smallest absolute Gasteiger partial charge is 0.241 e. The van der Waals surface area contributed by atoms with Gasteiger partial charge in [-0.25, -0.2) is 13.4 Å². The Morgan fingerprint density at radius 1 is 1.19 bits per heavy atom. The molecule has 2 atom stereocenters. The van der Waals surface area contributed by atoms with Crippen molar-refractivity contribution in [3.63, 3.8) is 0 Å². The van der Waals surface area contributed by atoms with Crippen molar-refractivity contribution in [1.29, 1.82) is 0 Å². The molecule has 1 heterocycles. The van der Waals surface area contributed by atoms with Crippen LogP contribution in [0.15, 0.2) is 41.8 Å². The highest BCUT2D eigenvalue weighted by Crippen LogP contribution is 2.13. The monoisotopic (exact) mass is 393 g/mol. The van der Waals surface area contributed by atoms with E-state index in [-0.39, 0.29) is 22.8 Å². The van der Waals surface area contributed by atoms with Crippen LogP contribution in [0.2, 0.25) is 0 Å². The first-order valence-electron chi connectivity index (χ1n) is 8.89. The third-order valence-electron chi connectivity index (χ3n) is 3.97. The summed E-state index contributed by atoms with van der Waals surface area (Å²) in [5.41, 5.74) is 0.965. The van der Waals surface area contributed by atoms with Crippen LogP contribution < -0.4 is 10.0 Å². The van der Waals surface area contributed by atoms with Gasteiger partial charge in [0.25, 0.3) is 0 Å². The lowest BCUT2D eigenvalue weighted by molar-refractivity contribution is -0.123. The predicted octanol–water partition coefficient (Wildman–Crippen LogP) is 1.48. The molecule has 1 aromatic heterocycles. The summed E-state index contributed by atoms with van der Waals surface area (Å²) in [6, 6.07) is 5.45. The number of aryl methyl sites for hydroxylation is 1. The number of nitrogens with one attached hydrogen (secondary N) is 2. The van der Waals surface area contributed by atoms with Crippen LogP contribution in [-0.4, -0.2) is 41.2 Å². The molecule has 27 heavy (non-hydrogen) atoms. The molecule has 0 radical (unpaired) electrons. The summed E-state index contributed by atoms with van der Waals surface area (Å²) in [4.78, 5) is 16.7. The minimum absolute atomic E-state index is 0.144. The number of aromatic nitrogens is 3. The molecule has 0 saturated carbocycles. The number of carbonyl (C=O) groups excluding carboxylic acids is 1. The van der Waals surface area contributed by atoms with E-state index in [1.165, 1.54) is 18.5 Å². The van der Waals surface area contributed by atoms with Gasteiger partial charge in [-0.3, -0.25) is 9.48 Å². The zero-order valence-corrected chi connectivity index (χ0v) is 16.9. The van der Waals surface area contributed by atoms with Gasteiger partial charge in [-0.1, -0.05) is 31.5 Å². The number of sulfonamides is 1. The summed E-state index contributed by atoms with van der Waals surface area (Å²) in [5.74, 6) is -0.209. The first-order chi connectivity index (χ1) is 12.7. The average molecular weight is 394 g/mol. The lowest BCUT2D eigenvalue weighted by Gasteiger charge is -2.22. The van der Waals surface area contributed by atoms with Gasteiger partial charge in [0, 0.05) is 6.04 Å². The topological polar surface area (TPSA) is 106 Å². The van der Waals surface area contributed by atoms with Crippen LogP contribution in [0, 0.1) is 12.8 Å². The Hall–Kier alpha value is -2.26. The molecule has 0 bridgehead atoms. The number of hydrogen-bond donors (Lipinski definition) is 2. The van der Waals surface area contributed by atoms with E-state index in [0.717, 1.165) is 5.56 Å². The average Bonchev–Trinajstić information content (AvgIpc) is 3.06. The number of benzene rings is 1. The lowest BCUT2D eigenvalue weighted by atomic mass is 10.0. The number of nitrogens with zero attached hydrogens (tertiary/aromatic N) is 3. The molecular weight excluding hydrogens is 366 g/mol. The summed E-state index contributed by atoms with van der Waals surface area (Å²) in [7, 11) is -3.79. The third-order valence-corrected chi connectivity index (χ3v) is 5.46. The van der Waals surface area contributed by atoms with Crippen LogP contribution in [0.4, 0.5) is 0 Å². The first-order valence-corrected chi connectivity index (χ1v) is 10.4. The Morgan fingerprint density at radius 2 is 1.85 bits per heavy atom. The van der Waals surface area contributed by atoms with E-state index >= 15 is 0 Å². The molecule has 2 unspecified atom stereocenters. The SMILES string of the molecule is Cc1ccc(S(=O)(=O)NC(CC(C)C)C(=O)NC(C)Cn2cncn2)cc1. The van der Waals surface area contributed by atoms with E-state index in [0.29, 0.717) is 13.0 Å². The maximum atomic E-state index is 12.7. The van der Waals surface area contributed by atoms with Crippen molar-refractivity contribution in [2.45, 2.75) is 57.6 Å². The molecule has 0 fully saturated rings. The zero-order chi connectivity index (χ0) is 20.0. The third kappa shape index (κ3) is 6.44. The molecule has 1 aromatic carbocycles. The van der Waals surface area contributed by atoms with Crippen LogP contribution >= 0.6 is 0 Å². The second-order valence-corrected chi connectivity index (χ2v) is 8.86. The van der Waals surface area contributed by atoms with Crippen molar-refractivity contribution in [1.82, 2.24) is 24.8 Å². The summed E-state index contributed by atoms with van der Waals surface area (Å²) < 4.78 is 29.5. The number of rotatable bonds is 9. The van der Waals surface area contributed by atoms with Crippen LogP contribution in [0.1, 0.15) is 32.8 Å². The molecule has 0 aliphatic heterocycles. The number of carbonyl (C=O) groups is 1. The zero-order valence-electron chi connectivity index (χ0n) is 16.1. The van der Waals surface area contributed by atoms with Crippen molar-refractivity contribution < 1.29 is 13.2 Å². The fourth-order valence-electron chi connectivity index (χ4n) is 2.65. The highest BCUT2D eigenvalue weighted by Gasteiger charge is 2.27. The largest absolute Gasteiger partial charge is 0.350 e. The fraction of sp³-hybridized carbons (Fsp3) is 0.500. The van der Waals surface area contributed by atoms with Crippen LogP contribution in [0.5, 0.6) is 0 Å². The van der Waals surface area contributed by atoms with Gasteiger partial charge in [0.2, 0.25) is 15.9 Å². The normalized spacial score (nSPS) is 14.1. The Kier molecular flexibility index (Phi) is 7.09. The Balaban J connectivity index is 2.08. The van der Waals surface area contributed by atoms with Crippen molar-refractivity contribution in [3.8, 4) is 0 Å². The Labute approximate surface area is 160 Å². The summed E-state index contributed by atoms with van der Waals surface area (Å²) >= 11 is 0. The molecule has 1 amide bonds. The summed E-state index contributed by atoms with van der Waals surface area (Å²) in [6.45, 7) is 8.05. The predicted molar refractivity (Wildman–Crippen MR) is 102 cm³/mol. The van der Waals surface area contributed by atoms with E-state index < -0.39 is 16.1 Å². The molecule has 2 N–H and O–H groups in total. The van der Waals surface area contributed by atoms with E-state index in [1.54, 1.807) is 23.1 Å². The summed E-state index contributed by atoms with van der Waals surface area (Å²) in [5, 5.41) is 6.86. The lowest BCUT2D eigenvalue weighted by Crippen LogP contribution is -2.50. The van der Waals surface area contributed by atoms with Crippen molar-refractivity contribution in [2.75, 3.05) is 0 Å². The molecule has 8 nitrogen and oxygen atoms in total. The highest BCUT2D eigenvalue weighted by molar-refractivity contribution is 7.89. The molecule has 148 valence electrons. The van der Waals surface area contributed by atoms with E-state index in [2.05, 4.69) is 20.1 Å². The second-order valence-electron chi connectivity index (χ2n) is 7.14. The number of hydrogen-bond acceptors (Lipinski definition) is 5. The molecule has 0 saturated heterocycles. The van der Waals surface area contributed by atoms with Gasteiger partial charge in [-0.05, 0) is 38.3 Å². The van der Waals surface area contributed by atoms with Crippen LogP contribution in [0.3, 0.4) is 0 Å². The first kappa shape index (κ1) is 21.0. The van der Waals surface area contributed by atoms with Gasteiger partial charge in [0.05, 0.1) is 11.4 Å². The van der Waals surface area contributed by atoms with E-state index in [9.17, 15) is 13.2 Å². The fourth-order valence-corrected chi connectivity index (χ4v) is 3.86. The van der Waals surface area contributed by atoms with Crippen LogP contribution in [0.25, 0.3) is 0 Å². The molecule has 0 spiro atoms. The Bertz CT molecular complexity index is 832. The molecule has 0 aliphatic rings. The maximum absolute atomic E-state index is 12.7.